The Morgan fingerprint density at radius 3 is 2.39 bits per heavy atom. The van der Waals surface area contributed by atoms with E-state index in [4.69, 9.17) is 4.42 Å². The third-order valence-electron chi connectivity index (χ3n) is 3.89. The fraction of sp³-hybridized carbons (Fsp3) is 0.100. The van der Waals surface area contributed by atoms with Crippen molar-refractivity contribution < 1.29 is 17.6 Å². The van der Waals surface area contributed by atoms with Crippen molar-refractivity contribution in [2.45, 2.75) is 6.54 Å². The molecule has 0 aliphatic rings. The predicted octanol–water partition coefficient (Wildman–Crippen LogP) is 3.01. The molecule has 1 aromatic heterocycles. The van der Waals surface area contributed by atoms with Gasteiger partial charge >= 0.3 is 0 Å². The molecule has 144 valence electrons. The van der Waals surface area contributed by atoms with E-state index in [-0.39, 0.29) is 12.5 Å². The van der Waals surface area contributed by atoms with Crippen LogP contribution >= 0.6 is 0 Å². The summed E-state index contributed by atoms with van der Waals surface area (Å²) in [5.41, 5.74) is 4.16. The van der Waals surface area contributed by atoms with Gasteiger partial charge in [0.15, 0.2) is 0 Å². The molecule has 2 aromatic carbocycles. The maximum absolute atomic E-state index is 12.2. The van der Waals surface area contributed by atoms with Crippen LogP contribution in [-0.2, 0) is 16.6 Å². The minimum Gasteiger partial charge on any atom is -0.463 e. The Labute approximate surface area is 163 Å². The minimum atomic E-state index is -3.45. The van der Waals surface area contributed by atoms with Crippen molar-refractivity contribution in [2.24, 2.45) is 5.10 Å². The number of anilines is 1. The normalized spacial score (nSPS) is 11.5. The van der Waals surface area contributed by atoms with Gasteiger partial charge in [-0.1, -0.05) is 30.3 Å². The summed E-state index contributed by atoms with van der Waals surface area (Å²) in [6, 6.07) is 19.0. The van der Waals surface area contributed by atoms with Gasteiger partial charge in [0.1, 0.15) is 5.76 Å². The molecule has 8 heteroatoms. The first-order chi connectivity index (χ1) is 13.4. The summed E-state index contributed by atoms with van der Waals surface area (Å²) in [4.78, 5) is 12.1. The topological polar surface area (TPSA) is 92.0 Å². The van der Waals surface area contributed by atoms with E-state index in [0.29, 0.717) is 17.0 Å². The van der Waals surface area contributed by atoms with E-state index in [9.17, 15) is 13.2 Å². The van der Waals surface area contributed by atoms with Crippen LogP contribution in [0.2, 0.25) is 0 Å². The average Bonchev–Trinajstić information content (AvgIpc) is 3.20. The van der Waals surface area contributed by atoms with Crippen LogP contribution in [0.3, 0.4) is 0 Å². The molecule has 1 N–H and O–H groups in total. The second kappa shape index (κ2) is 8.53. The van der Waals surface area contributed by atoms with E-state index < -0.39 is 10.0 Å². The first kappa shape index (κ1) is 19.4. The molecule has 28 heavy (non-hydrogen) atoms. The Kier molecular flexibility index (Phi) is 5.90. The number of rotatable bonds is 7. The van der Waals surface area contributed by atoms with E-state index in [1.807, 2.05) is 6.07 Å². The van der Waals surface area contributed by atoms with Crippen molar-refractivity contribution in [2.75, 3.05) is 10.6 Å². The van der Waals surface area contributed by atoms with Gasteiger partial charge in [-0.05, 0) is 42.0 Å². The molecular weight excluding hydrogens is 378 g/mol. The van der Waals surface area contributed by atoms with Crippen molar-refractivity contribution in [3.8, 4) is 0 Å². The summed E-state index contributed by atoms with van der Waals surface area (Å²) >= 11 is 0. The first-order valence-corrected chi connectivity index (χ1v) is 10.3. The van der Waals surface area contributed by atoms with Crippen LogP contribution < -0.4 is 9.73 Å². The van der Waals surface area contributed by atoms with Gasteiger partial charge in [0.25, 0.3) is 5.91 Å². The molecule has 0 aliphatic carbocycles. The second-order valence-corrected chi connectivity index (χ2v) is 7.92. The van der Waals surface area contributed by atoms with E-state index in [0.717, 1.165) is 5.56 Å². The Hall–Kier alpha value is -3.39. The minimum absolute atomic E-state index is 0.168. The predicted molar refractivity (Wildman–Crippen MR) is 108 cm³/mol. The Balaban J connectivity index is 1.68. The molecular formula is C20H19N3O4S. The number of amides is 1. The molecule has 1 amide bonds. The maximum atomic E-state index is 12.2. The van der Waals surface area contributed by atoms with Crippen LogP contribution in [0.1, 0.15) is 21.7 Å². The number of carbonyl (C=O) groups is 1. The van der Waals surface area contributed by atoms with Gasteiger partial charge in [0.05, 0.1) is 31.0 Å². The quantitative estimate of drug-likeness (QED) is 0.490. The number of carbonyl (C=O) groups excluding carboxylic acids is 1. The molecule has 0 radical (unpaired) electrons. The van der Waals surface area contributed by atoms with Crippen LogP contribution in [0.4, 0.5) is 5.69 Å². The van der Waals surface area contributed by atoms with Gasteiger partial charge in [-0.25, -0.2) is 13.8 Å². The number of hydrogen-bond donors (Lipinski definition) is 1. The smallest absolute Gasteiger partial charge is 0.271 e. The summed E-state index contributed by atoms with van der Waals surface area (Å²) in [6.45, 7) is 0.168. The van der Waals surface area contributed by atoms with Crippen LogP contribution in [-0.4, -0.2) is 26.8 Å². The lowest BCUT2D eigenvalue weighted by Crippen LogP contribution is -2.29. The molecule has 0 fully saturated rings. The lowest BCUT2D eigenvalue weighted by atomic mass is 10.1. The van der Waals surface area contributed by atoms with Crippen molar-refractivity contribution in [1.82, 2.24) is 5.43 Å². The highest BCUT2D eigenvalue weighted by Crippen LogP contribution is 2.20. The third-order valence-corrected chi connectivity index (χ3v) is 5.03. The Morgan fingerprint density at radius 1 is 1.07 bits per heavy atom. The van der Waals surface area contributed by atoms with Crippen LogP contribution in [0.15, 0.2) is 82.5 Å². The number of benzene rings is 2. The highest BCUT2D eigenvalue weighted by atomic mass is 32.2. The number of hydrazone groups is 1. The molecule has 0 aliphatic heterocycles. The van der Waals surface area contributed by atoms with Gasteiger partial charge in [-0.2, -0.15) is 5.10 Å². The molecule has 1 heterocycles. The number of nitrogens with zero attached hydrogens (tertiary/aromatic N) is 2. The average molecular weight is 397 g/mol. The molecule has 3 aromatic rings. The zero-order valence-electron chi connectivity index (χ0n) is 15.1. The lowest BCUT2D eigenvalue weighted by Gasteiger charge is -2.22. The van der Waals surface area contributed by atoms with E-state index in [1.54, 1.807) is 60.7 Å². The number of sulfonamides is 1. The first-order valence-electron chi connectivity index (χ1n) is 8.42. The Morgan fingerprint density at radius 2 is 1.79 bits per heavy atom. The highest BCUT2D eigenvalue weighted by Gasteiger charge is 2.17. The number of nitrogens with one attached hydrogen (secondary N) is 1. The number of furan rings is 1. The maximum Gasteiger partial charge on any atom is 0.271 e. The summed E-state index contributed by atoms with van der Waals surface area (Å²) in [5, 5.41) is 3.83. The zero-order valence-corrected chi connectivity index (χ0v) is 16.0. The second-order valence-electron chi connectivity index (χ2n) is 6.02. The van der Waals surface area contributed by atoms with E-state index >= 15 is 0 Å². The number of hydrogen-bond acceptors (Lipinski definition) is 5. The van der Waals surface area contributed by atoms with Crippen molar-refractivity contribution in [3.05, 3.63) is 89.9 Å². The molecule has 7 nitrogen and oxygen atoms in total. The van der Waals surface area contributed by atoms with E-state index in [2.05, 4.69) is 10.5 Å². The lowest BCUT2D eigenvalue weighted by molar-refractivity contribution is 0.0955. The fourth-order valence-corrected chi connectivity index (χ4v) is 3.39. The summed E-state index contributed by atoms with van der Waals surface area (Å²) in [5.74, 6) is 0.148. The summed E-state index contributed by atoms with van der Waals surface area (Å²) < 4.78 is 30.7. The van der Waals surface area contributed by atoms with Gasteiger partial charge in [-0.15, -0.1) is 0 Å². The SMILES string of the molecule is CS(=O)(=O)N(Cc1ccc(C(=O)N/N=C/c2ccco2)cc1)c1ccccc1. The van der Waals surface area contributed by atoms with Gasteiger partial charge in [0, 0.05) is 5.56 Å². The van der Waals surface area contributed by atoms with Crippen LogP contribution in [0.5, 0.6) is 0 Å². The van der Waals surface area contributed by atoms with Crippen LogP contribution in [0.25, 0.3) is 0 Å². The Bertz CT molecular complexity index is 1040. The van der Waals surface area contributed by atoms with Gasteiger partial charge in [-0.3, -0.25) is 9.10 Å². The molecule has 0 saturated carbocycles. The number of para-hydroxylation sites is 1. The van der Waals surface area contributed by atoms with Crippen molar-refractivity contribution >= 4 is 27.8 Å². The van der Waals surface area contributed by atoms with Crippen molar-refractivity contribution in [3.63, 3.8) is 0 Å². The molecule has 0 bridgehead atoms. The molecule has 0 unspecified atom stereocenters. The standard InChI is InChI=1S/C20H19N3O4S/c1-28(25,26)23(18-6-3-2-4-7-18)15-16-9-11-17(12-10-16)20(24)22-21-14-19-8-5-13-27-19/h2-14H,15H2,1H3,(H,22,24)/b21-14+. The largest absolute Gasteiger partial charge is 0.463 e. The summed E-state index contributed by atoms with van der Waals surface area (Å²) in [6.07, 6.45) is 4.08. The monoisotopic (exact) mass is 397 g/mol. The molecule has 0 saturated heterocycles. The molecule has 0 atom stereocenters. The van der Waals surface area contributed by atoms with Gasteiger partial charge in [0.2, 0.25) is 10.0 Å². The molecule has 3 rings (SSSR count). The van der Waals surface area contributed by atoms with Crippen LogP contribution in [0, 0.1) is 0 Å². The van der Waals surface area contributed by atoms with Gasteiger partial charge < -0.3 is 4.42 Å². The third kappa shape index (κ3) is 5.08. The van der Waals surface area contributed by atoms with E-state index in [1.165, 1.54) is 23.0 Å². The molecule has 0 spiro atoms. The highest BCUT2D eigenvalue weighted by molar-refractivity contribution is 7.92. The van der Waals surface area contributed by atoms with Crippen molar-refractivity contribution in [1.29, 1.82) is 0 Å². The summed E-state index contributed by atoms with van der Waals surface area (Å²) in [7, 11) is -3.45. The fourth-order valence-electron chi connectivity index (χ4n) is 2.51. The zero-order chi connectivity index (χ0) is 20.0.